The van der Waals surface area contributed by atoms with Gasteiger partial charge in [0.05, 0.1) is 25.6 Å². The quantitative estimate of drug-likeness (QED) is 0.814. The van der Waals surface area contributed by atoms with Crippen molar-refractivity contribution in [2.75, 3.05) is 19.7 Å². The molecule has 0 aliphatic carbocycles. The van der Waals surface area contributed by atoms with Crippen molar-refractivity contribution in [2.24, 2.45) is 0 Å². The van der Waals surface area contributed by atoms with Gasteiger partial charge in [0.1, 0.15) is 0 Å². The van der Waals surface area contributed by atoms with Crippen molar-refractivity contribution >= 4 is 11.8 Å². The smallest absolute Gasteiger partial charge is 0.242 e. The van der Waals surface area contributed by atoms with E-state index in [1.807, 2.05) is 30.3 Å². The number of hydrogen-bond donors (Lipinski definition) is 2. The number of hydrogen-bond acceptors (Lipinski definition) is 3. The summed E-state index contributed by atoms with van der Waals surface area (Å²) in [4.78, 5) is 25.4. The number of amides is 2. The normalized spacial score (nSPS) is 18.1. The molecule has 20 heavy (non-hydrogen) atoms. The predicted molar refractivity (Wildman–Crippen MR) is 75.0 cm³/mol. The number of rotatable bonds is 5. The van der Waals surface area contributed by atoms with Crippen molar-refractivity contribution in [1.82, 2.24) is 10.2 Å². The summed E-state index contributed by atoms with van der Waals surface area (Å²) in [6, 6.07) is 9.32. The summed E-state index contributed by atoms with van der Waals surface area (Å²) >= 11 is 0. The Morgan fingerprint density at radius 1 is 1.30 bits per heavy atom. The SMILES string of the molecule is O=C(Cc1ccccc1)NCC(=O)N1CCC[C@H]1CO. The highest BCUT2D eigenvalue weighted by Crippen LogP contribution is 2.16. The van der Waals surface area contributed by atoms with Crippen molar-refractivity contribution in [3.05, 3.63) is 35.9 Å². The fourth-order valence-corrected chi connectivity index (χ4v) is 2.47. The fraction of sp³-hybridized carbons (Fsp3) is 0.467. The highest BCUT2D eigenvalue weighted by molar-refractivity contribution is 5.86. The molecule has 1 aromatic rings. The van der Waals surface area contributed by atoms with Gasteiger partial charge in [-0.25, -0.2) is 0 Å². The third-order valence-electron chi connectivity index (χ3n) is 3.55. The highest BCUT2D eigenvalue weighted by Gasteiger charge is 2.27. The van der Waals surface area contributed by atoms with Crippen LogP contribution >= 0.6 is 0 Å². The van der Waals surface area contributed by atoms with Crippen LogP contribution in [-0.4, -0.2) is 47.6 Å². The predicted octanol–water partition coefficient (Wildman–Crippen LogP) is 0.329. The summed E-state index contributed by atoms with van der Waals surface area (Å²) in [7, 11) is 0. The lowest BCUT2D eigenvalue weighted by Gasteiger charge is -2.23. The Hall–Kier alpha value is -1.88. The van der Waals surface area contributed by atoms with Gasteiger partial charge in [-0.05, 0) is 18.4 Å². The zero-order chi connectivity index (χ0) is 14.4. The number of aliphatic hydroxyl groups excluding tert-OH is 1. The molecular formula is C15H20N2O3. The van der Waals surface area contributed by atoms with Gasteiger partial charge >= 0.3 is 0 Å². The average molecular weight is 276 g/mol. The maximum Gasteiger partial charge on any atom is 0.242 e. The van der Waals surface area contributed by atoms with E-state index in [1.54, 1.807) is 4.90 Å². The maximum absolute atomic E-state index is 12.0. The largest absolute Gasteiger partial charge is 0.394 e. The van der Waals surface area contributed by atoms with E-state index in [0.29, 0.717) is 6.54 Å². The van der Waals surface area contributed by atoms with Gasteiger partial charge in [0.15, 0.2) is 0 Å². The van der Waals surface area contributed by atoms with Crippen molar-refractivity contribution in [1.29, 1.82) is 0 Å². The number of carbonyl (C=O) groups is 2. The molecule has 0 radical (unpaired) electrons. The Morgan fingerprint density at radius 2 is 2.05 bits per heavy atom. The molecule has 5 heteroatoms. The lowest BCUT2D eigenvalue weighted by atomic mass is 10.1. The Morgan fingerprint density at radius 3 is 2.75 bits per heavy atom. The Bertz CT molecular complexity index is 461. The van der Waals surface area contributed by atoms with Gasteiger partial charge in [-0.15, -0.1) is 0 Å². The maximum atomic E-state index is 12.0. The molecule has 5 nitrogen and oxygen atoms in total. The monoisotopic (exact) mass is 276 g/mol. The molecule has 1 aliphatic heterocycles. The van der Waals surface area contributed by atoms with Crippen LogP contribution in [-0.2, 0) is 16.0 Å². The van der Waals surface area contributed by atoms with Crippen LogP contribution in [0.3, 0.4) is 0 Å². The number of carbonyl (C=O) groups excluding carboxylic acids is 2. The van der Waals surface area contributed by atoms with E-state index < -0.39 is 0 Å². The lowest BCUT2D eigenvalue weighted by Crippen LogP contribution is -2.44. The number of nitrogens with one attached hydrogen (secondary N) is 1. The summed E-state index contributed by atoms with van der Waals surface area (Å²) in [5.74, 6) is -0.285. The van der Waals surface area contributed by atoms with Gasteiger partial charge in [-0.1, -0.05) is 30.3 Å². The molecule has 1 aromatic carbocycles. The van der Waals surface area contributed by atoms with Crippen molar-refractivity contribution in [3.63, 3.8) is 0 Å². The molecule has 1 aliphatic rings. The minimum atomic E-state index is -0.163. The molecule has 2 rings (SSSR count). The zero-order valence-electron chi connectivity index (χ0n) is 11.4. The molecule has 1 fully saturated rings. The highest BCUT2D eigenvalue weighted by atomic mass is 16.3. The van der Waals surface area contributed by atoms with E-state index in [-0.39, 0.29) is 37.4 Å². The topological polar surface area (TPSA) is 69.6 Å². The van der Waals surface area contributed by atoms with Crippen LogP contribution in [0.2, 0.25) is 0 Å². The van der Waals surface area contributed by atoms with Crippen LogP contribution in [0.25, 0.3) is 0 Å². The van der Waals surface area contributed by atoms with E-state index >= 15 is 0 Å². The van der Waals surface area contributed by atoms with Crippen LogP contribution in [0.4, 0.5) is 0 Å². The molecule has 2 amide bonds. The number of likely N-dealkylation sites (tertiary alicyclic amines) is 1. The molecule has 1 heterocycles. The second-order valence-electron chi connectivity index (χ2n) is 5.00. The first-order chi connectivity index (χ1) is 9.70. The Balaban J connectivity index is 1.77. The zero-order valence-corrected chi connectivity index (χ0v) is 11.4. The van der Waals surface area contributed by atoms with E-state index in [4.69, 9.17) is 0 Å². The van der Waals surface area contributed by atoms with Crippen LogP contribution < -0.4 is 5.32 Å². The van der Waals surface area contributed by atoms with E-state index in [9.17, 15) is 14.7 Å². The molecule has 0 spiro atoms. The van der Waals surface area contributed by atoms with Crippen LogP contribution in [0.15, 0.2) is 30.3 Å². The fourth-order valence-electron chi connectivity index (χ4n) is 2.47. The molecule has 0 saturated carbocycles. The molecule has 0 aromatic heterocycles. The standard InChI is InChI=1S/C15H20N2O3/c18-11-13-7-4-8-17(13)15(20)10-16-14(19)9-12-5-2-1-3-6-12/h1-3,5-6,13,18H,4,7-11H2,(H,16,19)/t13-/m0/s1. The van der Waals surface area contributed by atoms with Gasteiger partial charge < -0.3 is 15.3 Å². The summed E-state index contributed by atoms with van der Waals surface area (Å²) in [5, 5.41) is 11.8. The van der Waals surface area contributed by atoms with Gasteiger partial charge in [0, 0.05) is 6.54 Å². The van der Waals surface area contributed by atoms with Crippen LogP contribution in [0, 0.1) is 0 Å². The summed E-state index contributed by atoms with van der Waals surface area (Å²) in [6.45, 7) is 0.657. The lowest BCUT2D eigenvalue weighted by molar-refractivity contribution is -0.134. The molecular weight excluding hydrogens is 256 g/mol. The average Bonchev–Trinajstić information content (AvgIpc) is 2.94. The molecule has 1 atom stereocenters. The van der Waals surface area contributed by atoms with Gasteiger partial charge in [0.2, 0.25) is 11.8 Å². The molecule has 2 N–H and O–H groups in total. The minimum absolute atomic E-state index is 0.00215. The molecule has 1 saturated heterocycles. The van der Waals surface area contributed by atoms with Gasteiger partial charge in [-0.2, -0.15) is 0 Å². The first-order valence-corrected chi connectivity index (χ1v) is 6.91. The van der Waals surface area contributed by atoms with E-state index in [1.165, 1.54) is 0 Å². The Kier molecular flexibility index (Phi) is 5.12. The van der Waals surface area contributed by atoms with Crippen molar-refractivity contribution in [3.8, 4) is 0 Å². The molecule has 108 valence electrons. The first-order valence-electron chi connectivity index (χ1n) is 6.91. The van der Waals surface area contributed by atoms with Crippen molar-refractivity contribution in [2.45, 2.75) is 25.3 Å². The second-order valence-corrected chi connectivity index (χ2v) is 5.00. The number of benzene rings is 1. The number of nitrogens with zero attached hydrogens (tertiary/aromatic N) is 1. The van der Waals surface area contributed by atoms with Crippen LogP contribution in [0.5, 0.6) is 0 Å². The third-order valence-corrected chi connectivity index (χ3v) is 3.55. The van der Waals surface area contributed by atoms with Crippen molar-refractivity contribution < 1.29 is 14.7 Å². The first kappa shape index (κ1) is 14.5. The van der Waals surface area contributed by atoms with Gasteiger partial charge in [0.25, 0.3) is 0 Å². The summed E-state index contributed by atoms with van der Waals surface area (Å²) in [5.41, 5.74) is 0.923. The van der Waals surface area contributed by atoms with E-state index in [2.05, 4.69) is 5.32 Å². The summed E-state index contributed by atoms with van der Waals surface area (Å²) < 4.78 is 0. The third kappa shape index (κ3) is 3.81. The second kappa shape index (κ2) is 7.05. The Labute approximate surface area is 118 Å². The van der Waals surface area contributed by atoms with E-state index in [0.717, 1.165) is 18.4 Å². The molecule has 0 bridgehead atoms. The van der Waals surface area contributed by atoms with Gasteiger partial charge in [-0.3, -0.25) is 9.59 Å². The minimum Gasteiger partial charge on any atom is -0.394 e. The number of aliphatic hydroxyl groups is 1. The van der Waals surface area contributed by atoms with Crippen LogP contribution in [0.1, 0.15) is 18.4 Å². The summed E-state index contributed by atoms with van der Waals surface area (Å²) in [6.07, 6.45) is 2.02. The molecule has 0 unspecified atom stereocenters.